The highest BCUT2D eigenvalue weighted by Gasteiger charge is 2.43. The van der Waals surface area contributed by atoms with Gasteiger partial charge in [0, 0.05) is 43.7 Å². The standard InChI is InChI=1S/C27H41ClF2N4O4/c1-31-16-21(15-18-8-10-20(29)11-9-18)33-25(35)34-14-3-5-19(17-34)27(38,12-4-13-32-26(36)37)22-6-2-7-23(28)24(22)30/h2,6-7,18-21,31-32,38H,3-5,8-17H2,1H3,(H,33,35)(H,36,37)/t18?,19-,20?,21+,27+/m1/s1. The zero-order chi connectivity index (χ0) is 27.7. The molecule has 1 saturated heterocycles. The number of halogens is 3. The van der Waals surface area contributed by atoms with Crippen molar-refractivity contribution in [2.24, 2.45) is 11.8 Å². The van der Waals surface area contributed by atoms with Gasteiger partial charge < -0.3 is 31.1 Å². The van der Waals surface area contributed by atoms with Crippen molar-refractivity contribution >= 4 is 23.7 Å². The fourth-order valence-electron chi connectivity index (χ4n) is 5.97. The Morgan fingerprint density at radius 2 is 1.97 bits per heavy atom. The van der Waals surface area contributed by atoms with Gasteiger partial charge >= 0.3 is 12.1 Å². The average molecular weight is 559 g/mol. The smallest absolute Gasteiger partial charge is 0.404 e. The summed E-state index contributed by atoms with van der Waals surface area (Å²) in [5, 5.41) is 29.2. The Morgan fingerprint density at radius 3 is 2.66 bits per heavy atom. The molecule has 0 unspecified atom stereocenters. The van der Waals surface area contributed by atoms with Gasteiger partial charge in [-0.05, 0) is 76.8 Å². The number of carbonyl (C=O) groups is 2. The van der Waals surface area contributed by atoms with Gasteiger partial charge in [0.05, 0.1) is 10.6 Å². The van der Waals surface area contributed by atoms with Gasteiger partial charge in [0.2, 0.25) is 0 Å². The number of urea groups is 1. The summed E-state index contributed by atoms with van der Waals surface area (Å²) in [6, 6.07) is 4.14. The number of hydrogen-bond acceptors (Lipinski definition) is 4. The van der Waals surface area contributed by atoms with Crippen molar-refractivity contribution in [3.05, 3.63) is 34.6 Å². The van der Waals surface area contributed by atoms with E-state index in [9.17, 15) is 19.1 Å². The van der Waals surface area contributed by atoms with Gasteiger partial charge in [0.15, 0.2) is 0 Å². The van der Waals surface area contributed by atoms with Crippen LogP contribution >= 0.6 is 11.6 Å². The van der Waals surface area contributed by atoms with Crippen LogP contribution in [0.5, 0.6) is 0 Å². The summed E-state index contributed by atoms with van der Waals surface area (Å²) >= 11 is 6.04. The minimum absolute atomic E-state index is 0.0594. The first kappa shape index (κ1) is 30.4. The number of alkyl halides is 1. The van der Waals surface area contributed by atoms with Gasteiger partial charge in [-0.2, -0.15) is 0 Å². The molecule has 2 aliphatic rings. The molecule has 3 atom stereocenters. The number of carboxylic acid groups (broad SMARTS) is 1. The van der Waals surface area contributed by atoms with E-state index in [4.69, 9.17) is 16.7 Å². The molecule has 0 aromatic heterocycles. The van der Waals surface area contributed by atoms with Gasteiger partial charge in [-0.25, -0.2) is 18.4 Å². The molecular weight excluding hydrogens is 518 g/mol. The Morgan fingerprint density at radius 1 is 1.24 bits per heavy atom. The second-order valence-electron chi connectivity index (χ2n) is 10.7. The Kier molecular flexibility index (Phi) is 11.4. The first-order valence-corrected chi connectivity index (χ1v) is 14.0. The van der Waals surface area contributed by atoms with Crippen LogP contribution in [0.25, 0.3) is 0 Å². The van der Waals surface area contributed by atoms with Crippen LogP contribution in [0, 0.1) is 17.7 Å². The van der Waals surface area contributed by atoms with Crippen LogP contribution in [-0.2, 0) is 5.60 Å². The second-order valence-corrected chi connectivity index (χ2v) is 11.1. The first-order valence-electron chi connectivity index (χ1n) is 13.6. The fraction of sp³-hybridized carbons (Fsp3) is 0.704. The molecule has 5 N–H and O–H groups in total. The van der Waals surface area contributed by atoms with E-state index in [-0.39, 0.29) is 48.6 Å². The van der Waals surface area contributed by atoms with Crippen molar-refractivity contribution in [1.82, 2.24) is 20.9 Å². The zero-order valence-corrected chi connectivity index (χ0v) is 22.8. The Bertz CT molecular complexity index is 934. The van der Waals surface area contributed by atoms with E-state index < -0.39 is 29.6 Å². The lowest BCUT2D eigenvalue weighted by Crippen LogP contribution is -2.54. The number of nitrogens with zero attached hydrogens (tertiary/aromatic N) is 1. The molecule has 214 valence electrons. The molecule has 1 aromatic carbocycles. The van der Waals surface area contributed by atoms with Gasteiger partial charge in [0.1, 0.15) is 12.0 Å². The predicted molar refractivity (Wildman–Crippen MR) is 143 cm³/mol. The van der Waals surface area contributed by atoms with E-state index in [0.29, 0.717) is 44.7 Å². The van der Waals surface area contributed by atoms with E-state index in [1.54, 1.807) is 11.0 Å². The lowest BCUT2D eigenvalue weighted by Gasteiger charge is -2.43. The predicted octanol–water partition coefficient (Wildman–Crippen LogP) is 4.64. The molecule has 38 heavy (non-hydrogen) atoms. The van der Waals surface area contributed by atoms with Gasteiger partial charge in [-0.3, -0.25) is 0 Å². The number of amides is 3. The maximum Gasteiger partial charge on any atom is 0.404 e. The molecule has 1 saturated carbocycles. The average Bonchev–Trinajstić information content (AvgIpc) is 2.89. The van der Waals surface area contributed by atoms with Crippen LogP contribution in [0.4, 0.5) is 18.4 Å². The molecular formula is C27H41ClF2N4O4. The summed E-state index contributed by atoms with van der Waals surface area (Å²) < 4.78 is 28.7. The molecule has 11 heteroatoms. The molecule has 1 heterocycles. The van der Waals surface area contributed by atoms with E-state index in [1.165, 1.54) is 12.1 Å². The number of aliphatic hydroxyl groups is 1. The van der Waals surface area contributed by atoms with E-state index in [0.717, 1.165) is 19.3 Å². The highest BCUT2D eigenvalue weighted by molar-refractivity contribution is 6.30. The van der Waals surface area contributed by atoms with Crippen LogP contribution in [0.15, 0.2) is 18.2 Å². The summed E-state index contributed by atoms with van der Waals surface area (Å²) in [6.45, 7) is 1.43. The van der Waals surface area contributed by atoms with E-state index in [2.05, 4.69) is 16.0 Å². The summed E-state index contributed by atoms with van der Waals surface area (Å²) in [5.41, 5.74) is -1.58. The Hall–Kier alpha value is -2.17. The van der Waals surface area contributed by atoms with Crippen LogP contribution < -0.4 is 16.0 Å². The van der Waals surface area contributed by atoms with Crippen molar-refractivity contribution in [2.75, 3.05) is 33.2 Å². The molecule has 0 radical (unpaired) electrons. The molecule has 1 aromatic rings. The second kappa shape index (κ2) is 14.3. The highest BCUT2D eigenvalue weighted by atomic mass is 35.5. The van der Waals surface area contributed by atoms with Crippen LogP contribution in [0.1, 0.15) is 63.4 Å². The lowest BCUT2D eigenvalue weighted by atomic mass is 9.74. The molecule has 3 amide bonds. The summed E-state index contributed by atoms with van der Waals surface area (Å²) in [7, 11) is 1.83. The lowest BCUT2D eigenvalue weighted by molar-refractivity contribution is -0.0576. The Balaban J connectivity index is 1.71. The highest BCUT2D eigenvalue weighted by Crippen LogP contribution is 2.41. The molecule has 8 nitrogen and oxygen atoms in total. The molecule has 2 fully saturated rings. The number of benzene rings is 1. The zero-order valence-electron chi connectivity index (χ0n) is 22.0. The third-order valence-corrected chi connectivity index (χ3v) is 8.28. The Labute approximate surface area is 228 Å². The molecule has 0 spiro atoms. The number of piperidine rings is 1. The van der Waals surface area contributed by atoms with Crippen molar-refractivity contribution in [3.63, 3.8) is 0 Å². The fourth-order valence-corrected chi connectivity index (χ4v) is 6.14. The van der Waals surface area contributed by atoms with E-state index in [1.807, 2.05) is 7.05 Å². The molecule has 3 rings (SSSR count). The number of carbonyl (C=O) groups excluding carboxylic acids is 1. The normalized spacial score (nSPS) is 24.3. The summed E-state index contributed by atoms with van der Waals surface area (Å²) in [6.07, 6.45) is 3.24. The minimum Gasteiger partial charge on any atom is -0.465 e. The third kappa shape index (κ3) is 8.16. The van der Waals surface area contributed by atoms with Crippen molar-refractivity contribution in [2.45, 2.75) is 75.6 Å². The van der Waals surface area contributed by atoms with Gasteiger partial charge in [0.25, 0.3) is 0 Å². The first-order chi connectivity index (χ1) is 18.1. The number of likely N-dealkylation sites (tertiary alicyclic amines) is 1. The molecule has 1 aliphatic carbocycles. The van der Waals surface area contributed by atoms with Gasteiger partial charge in [-0.15, -0.1) is 0 Å². The third-order valence-electron chi connectivity index (χ3n) is 7.99. The SMILES string of the molecule is CNC[C@H](CC1CCC(F)CC1)NC(=O)N1CCC[C@@H]([C@@](O)(CCCNC(=O)O)c2cccc(Cl)c2F)C1. The largest absolute Gasteiger partial charge is 0.465 e. The number of rotatable bonds is 11. The van der Waals surface area contributed by atoms with Crippen LogP contribution in [0.3, 0.4) is 0 Å². The van der Waals surface area contributed by atoms with Crippen LogP contribution in [-0.4, -0.2) is 72.7 Å². The summed E-state index contributed by atoms with van der Waals surface area (Å²) in [5.74, 6) is -0.811. The maximum absolute atomic E-state index is 15.1. The quantitative estimate of drug-likeness (QED) is 0.254. The van der Waals surface area contributed by atoms with Gasteiger partial charge in [-0.1, -0.05) is 23.7 Å². The summed E-state index contributed by atoms with van der Waals surface area (Å²) in [4.78, 5) is 25.8. The maximum atomic E-state index is 15.1. The minimum atomic E-state index is -1.64. The molecule has 0 bridgehead atoms. The number of likely N-dealkylation sites (N-methyl/N-ethyl adjacent to an activating group) is 1. The van der Waals surface area contributed by atoms with Crippen molar-refractivity contribution < 1.29 is 28.6 Å². The molecule has 1 aliphatic heterocycles. The monoisotopic (exact) mass is 558 g/mol. The van der Waals surface area contributed by atoms with E-state index >= 15 is 4.39 Å². The number of hydrogen-bond donors (Lipinski definition) is 5. The number of nitrogens with one attached hydrogen (secondary N) is 3. The topological polar surface area (TPSA) is 114 Å². The van der Waals surface area contributed by atoms with Crippen molar-refractivity contribution in [3.8, 4) is 0 Å². The van der Waals surface area contributed by atoms with Crippen molar-refractivity contribution in [1.29, 1.82) is 0 Å². The van der Waals surface area contributed by atoms with Crippen LogP contribution in [0.2, 0.25) is 5.02 Å².